The van der Waals surface area contributed by atoms with Crippen LogP contribution in [0.15, 0.2) is 73.1 Å². The van der Waals surface area contributed by atoms with E-state index in [1.165, 1.54) is 31.5 Å². The summed E-state index contributed by atoms with van der Waals surface area (Å²) in [4.78, 5) is 0. The molecular weight excluding hydrogens is 417 g/mol. The summed E-state index contributed by atoms with van der Waals surface area (Å²) in [6.45, 7) is 1.16. The zero-order valence-corrected chi connectivity index (χ0v) is 17.3. The summed E-state index contributed by atoms with van der Waals surface area (Å²) in [6, 6.07) is 15.8. The Morgan fingerprint density at radius 1 is 0.806 bits per heavy atom. The Hall–Kier alpha value is -2.71. The van der Waals surface area contributed by atoms with Crippen LogP contribution in [0.5, 0.6) is 0 Å². The van der Waals surface area contributed by atoms with E-state index in [4.69, 9.17) is 0 Å². The zero-order valence-electron chi connectivity index (χ0n) is 17.3. The summed E-state index contributed by atoms with van der Waals surface area (Å²) in [5.41, 5.74) is 1.08. The van der Waals surface area contributed by atoms with Crippen molar-refractivity contribution in [2.24, 2.45) is 14.1 Å². The first-order valence-corrected chi connectivity index (χ1v) is 9.50. The molecule has 0 aliphatic rings. The number of nitrogens with zero attached hydrogens (tertiary/aromatic N) is 2. The minimum Gasteiger partial charge on any atom is -0.247 e. The van der Waals surface area contributed by atoms with E-state index in [1.807, 2.05) is 0 Å². The molecule has 0 amide bonds. The van der Waals surface area contributed by atoms with E-state index in [0.29, 0.717) is 11.3 Å². The second kappa shape index (κ2) is 10.1. The molecule has 2 aromatic carbocycles. The third-order valence-electron chi connectivity index (χ3n) is 4.85. The van der Waals surface area contributed by atoms with Gasteiger partial charge in [0, 0.05) is 0 Å². The monoisotopic (exact) mass is 440 g/mol. The molecule has 3 rings (SSSR count). The number of rotatable bonds is 4. The number of aryl methyl sites for hydroxylation is 2. The lowest BCUT2D eigenvalue weighted by molar-refractivity contribution is -0.653. The van der Waals surface area contributed by atoms with Crippen LogP contribution in [0, 0.1) is 0 Å². The summed E-state index contributed by atoms with van der Waals surface area (Å²) in [6.07, 6.45) is -4.99. The molecule has 0 spiro atoms. The molecule has 0 saturated carbocycles. The molecule has 0 N–H and O–H groups in total. The average molecular weight is 440 g/mol. The Morgan fingerprint density at radius 2 is 1.29 bits per heavy atom. The Bertz CT molecular complexity index is 917. The van der Waals surface area contributed by atoms with Crippen LogP contribution in [0.3, 0.4) is 0 Å². The van der Waals surface area contributed by atoms with Crippen LogP contribution >= 0.6 is 0 Å². The number of imidazole rings is 1. The summed E-state index contributed by atoms with van der Waals surface area (Å²) in [7, 11) is 4.70. The van der Waals surface area contributed by atoms with E-state index < -0.39 is 24.1 Å². The SMILES string of the molecule is C[C@H](c1ccccc1)C(F)(F)F.Cn1cc[n+](C)c1[B][C@H](c1ccccc1)C(F)(F)F. The van der Waals surface area contributed by atoms with Gasteiger partial charge in [0.1, 0.15) is 12.4 Å². The highest BCUT2D eigenvalue weighted by atomic mass is 19.4. The third-order valence-corrected chi connectivity index (χ3v) is 4.85. The van der Waals surface area contributed by atoms with Crippen molar-refractivity contribution in [2.45, 2.75) is 31.0 Å². The molecule has 2 atom stereocenters. The topological polar surface area (TPSA) is 8.81 Å². The molecule has 0 saturated heterocycles. The van der Waals surface area contributed by atoms with Crippen LogP contribution in [-0.2, 0) is 14.1 Å². The van der Waals surface area contributed by atoms with Gasteiger partial charge < -0.3 is 0 Å². The second-order valence-electron chi connectivity index (χ2n) is 7.15. The van der Waals surface area contributed by atoms with E-state index in [1.54, 1.807) is 72.0 Å². The lowest BCUT2D eigenvalue weighted by Gasteiger charge is -2.18. The van der Waals surface area contributed by atoms with Crippen molar-refractivity contribution in [1.29, 1.82) is 0 Å². The Balaban J connectivity index is 0.000000245. The van der Waals surface area contributed by atoms with Gasteiger partial charge in [0.2, 0.25) is 0 Å². The third kappa shape index (κ3) is 6.90. The molecule has 0 fully saturated rings. The first-order chi connectivity index (χ1) is 14.4. The van der Waals surface area contributed by atoms with Crippen molar-refractivity contribution < 1.29 is 30.9 Å². The maximum atomic E-state index is 13.2. The first kappa shape index (κ1) is 24.6. The Morgan fingerprint density at radius 3 is 1.68 bits per heavy atom. The van der Waals surface area contributed by atoms with Gasteiger partial charge in [-0.1, -0.05) is 60.7 Å². The van der Waals surface area contributed by atoms with Crippen molar-refractivity contribution in [3.05, 3.63) is 84.2 Å². The normalized spacial score (nSPS) is 13.7. The molecule has 0 aliphatic heterocycles. The summed E-state index contributed by atoms with van der Waals surface area (Å²) in [5.74, 6) is -2.98. The molecule has 165 valence electrons. The molecule has 1 radical (unpaired) electrons. The highest BCUT2D eigenvalue weighted by molar-refractivity contribution is 6.52. The predicted octanol–water partition coefficient (Wildman–Crippen LogP) is 4.84. The second-order valence-corrected chi connectivity index (χ2v) is 7.15. The molecule has 0 bridgehead atoms. The maximum Gasteiger partial charge on any atom is 0.395 e. The molecule has 1 aromatic heterocycles. The van der Waals surface area contributed by atoms with Gasteiger partial charge in [0.05, 0.1) is 25.8 Å². The smallest absolute Gasteiger partial charge is 0.247 e. The molecule has 2 nitrogen and oxygen atoms in total. The van der Waals surface area contributed by atoms with Crippen LogP contribution in [0.4, 0.5) is 26.3 Å². The number of alkyl halides is 6. The largest absolute Gasteiger partial charge is 0.395 e. The van der Waals surface area contributed by atoms with Gasteiger partial charge in [-0.2, -0.15) is 26.3 Å². The van der Waals surface area contributed by atoms with Crippen molar-refractivity contribution in [3.63, 3.8) is 0 Å². The van der Waals surface area contributed by atoms with Crippen LogP contribution in [0.1, 0.15) is 29.8 Å². The highest BCUT2D eigenvalue weighted by Crippen LogP contribution is 2.34. The van der Waals surface area contributed by atoms with Crippen LogP contribution in [-0.4, -0.2) is 24.2 Å². The quantitative estimate of drug-likeness (QED) is 0.312. The van der Waals surface area contributed by atoms with Crippen molar-refractivity contribution >= 4 is 13.0 Å². The number of benzene rings is 2. The Labute approximate surface area is 178 Å². The fourth-order valence-electron chi connectivity index (χ4n) is 2.96. The number of aromatic nitrogens is 2. The molecular formula is C22H23BF6N2+. The summed E-state index contributed by atoms with van der Waals surface area (Å²) < 4.78 is 79.4. The lowest BCUT2D eigenvalue weighted by Crippen LogP contribution is -2.52. The fourth-order valence-corrected chi connectivity index (χ4v) is 2.96. The van der Waals surface area contributed by atoms with Crippen LogP contribution < -0.4 is 10.3 Å². The highest BCUT2D eigenvalue weighted by Gasteiger charge is 2.43. The Kier molecular flexibility index (Phi) is 7.98. The van der Waals surface area contributed by atoms with Gasteiger partial charge in [0.25, 0.3) is 7.28 Å². The van der Waals surface area contributed by atoms with E-state index in [0.717, 1.165) is 6.92 Å². The number of hydrogen-bond acceptors (Lipinski definition) is 0. The van der Waals surface area contributed by atoms with E-state index in [2.05, 4.69) is 0 Å². The van der Waals surface area contributed by atoms with Crippen molar-refractivity contribution in [2.75, 3.05) is 0 Å². The van der Waals surface area contributed by atoms with Crippen LogP contribution in [0.2, 0.25) is 0 Å². The fraction of sp³-hybridized carbons (Fsp3) is 0.318. The van der Waals surface area contributed by atoms with Gasteiger partial charge in [-0.05, 0) is 18.1 Å². The van der Waals surface area contributed by atoms with E-state index >= 15 is 0 Å². The van der Waals surface area contributed by atoms with Gasteiger partial charge in [0.15, 0.2) is 5.72 Å². The molecule has 31 heavy (non-hydrogen) atoms. The zero-order chi connectivity index (χ0) is 23.2. The van der Waals surface area contributed by atoms with E-state index in [9.17, 15) is 26.3 Å². The summed E-state index contributed by atoms with van der Waals surface area (Å²) in [5, 5.41) is 0. The molecule has 9 heteroatoms. The minimum atomic E-state index is -4.31. The number of hydrogen-bond donors (Lipinski definition) is 0. The predicted molar refractivity (Wildman–Crippen MR) is 108 cm³/mol. The molecule has 1 heterocycles. The lowest BCUT2D eigenvalue weighted by atomic mass is 9.60. The first-order valence-electron chi connectivity index (χ1n) is 9.50. The van der Waals surface area contributed by atoms with Crippen molar-refractivity contribution in [3.8, 4) is 0 Å². The van der Waals surface area contributed by atoms with Gasteiger partial charge >= 0.3 is 12.4 Å². The van der Waals surface area contributed by atoms with Crippen molar-refractivity contribution in [1.82, 2.24) is 4.57 Å². The van der Waals surface area contributed by atoms with Gasteiger partial charge in [-0.3, -0.25) is 0 Å². The molecule has 3 aromatic rings. The van der Waals surface area contributed by atoms with E-state index in [-0.39, 0.29) is 5.56 Å². The maximum absolute atomic E-state index is 13.2. The minimum absolute atomic E-state index is 0.246. The molecule has 0 aliphatic carbocycles. The number of halogens is 6. The van der Waals surface area contributed by atoms with Gasteiger partial charge in [-0.15, -0.1) is 0 Å². The van der Waals surface area contributed by atoms with Gasteiger partial charge in [-0.25, -0.2) is 9.13 Å². The van der Waals surface area contributed by atoms with Crippen LogP contribution in [0.25, 0.3) is 0 Å². The molecule has 0 unspecified atom stereocenters. The summed E-state index contributed by atoms with van der Waals surface area (Å²) >= 11 is 0. The average Bonchev–Trinajstić information content (AvgIpc) is 3.03. The standard InChI is InChI=1S/C13H14BF3N2.C9H9F3/c1-18-8-9-19(2)12(18)14-11(13(15,16)17)10-6-4-3-5-7-10;1-7(9(10,11)12)8-5-3-2-4-6-8/h3-9,11H,1-2H3;2-7H,1H3/q+1;/t11-;7-/m11/s1.